The lowest BCUT2D eigenvalue weighted by Crippen LogP contribution is -2.32. The molecule has 8 heteroatoms. The third-order valence-corrected chi connectivity index (χ3v) is 11.8. The highest BCUT2D eigenvalue weighted by Crippen LogP contribution is 2.44. The average Bonchev–Trinajstić information content (AvgIpc) is 3.03. The number of carboxylic acid groups (broad SMARTS) is 2. The van der Waals surface area contributed by atoms with Gasteiger partial charge in [0, 0.05) is 21.6 Å². The SMILES string of the molecule is CCCCCCCCCC(O)CCSC(CC)c1ccc(C(=O)[O-])c(C(=O)[O-])c1C(CC)SCCC(O)CCCCCCCCC. The van der Waals surface area contributed by atoms with E-state index in [4.69, 9.17) is 0 Å². The van der Waals surface area contributed by atoms with Gasteiger partial charge in [-0.25, -0.2) is 0 Å². The molecule has 2 N–H and O–H groups in total. The molecule has 0 aliphatic rings. The fourth-order valence-corrected chi connectivity index (χ4v) is 8.80. The van der Waals surface area contributed by atoms with Crippen molar-refractivity contribution in [1.82, 2.24) is 0 Å². The van der Waals surface area contributed by atoms with Crippen molar-refractivity contribution in [3.05, 3.63) is 34.4 Å². The van der Waals surface area contributed by atoms with E-state index in [0.717, 1.165) is 56.3 Å². The Hall–Kier alpha value is -1.22. The number of carboxylic acids is 2. The molecule has 1 rings (SSSR count). The van der Waals surface area contributed by atoms with E-state index in [0.29, 0.717) is 30.6 Å². The second-order valence-corrected chi connectivity index (χ2v) is 15.4. The minimum absolute atomic E-state index is 0.0489. The van der Waals surface area contributed by atoms with Crippen molar-refractivity contribution >= 4 is 35.5 Å². The van der Waals surface area contributed by atoms with Gasteiger partial charge in [-0.3, -0.25) is 0 Å². The summed E-state index contributed by atoms with van der Waals surface area (Å²) in [6.45, 7) is 8.46. The van der Waals surface area contributed by atoms with Crippen molar-refractivity contribution in [2.24, 2.45) is 0 Å². The van der Waals surface area contributed by atoms with Gasteiger partial charge in [-0.2, -0.15) is 23.5 Å². The summed E-state index contributed by atoms with van der Waals surface area (Å²) in [6, 6.07) is 3.10. The number of aliphatic hydroxyl groups is 2. The topological polar surface area (TPSA) is 121 Å². The molecule has 0 saturated heterocycles. The van der Waals surface area contributed by atoms with Gasteiger partial charge in [0.1, 0.15) is 0 Å². The van der Waals surface area contributed by atoms with Crippen LogP contribution in [0.2, 0.25) is 0 Å². The van der Waals surface area contributed by atoms with Crippen LogP contribution in [0.5, 0.6) is 0 Å². The molecule has 4 atom stereocenters. The van der Waals surface area contributed by atoms with Gasteiger partial charge in [0.25, 0.3) is 0 Å². The molecule has 0 saturated carbocycles. The van der Waals surface area contributed by atoms with Gasteiger partial charge in [0.2, 0.25) is 0 Å². The van der Waals surface area contributed by atoms with Crippen molar-refractivity contribution in [3.8, 4) is 0 Å². The Bertz CT molecular complexity index is 955. The molecule has 46 heavy (non-hydrogen) atoms. The molecule has 0 spiro atoms. The first-order valence-electron chi connectivity index (χ1n) is 18.4. The molecule has 6 nitrogen and oxygen atoms in total. The number of unbranched alkanes of at least 4 members (excludes halogenated alkanes) is 12. The van der Waals surface area contributed by atoms with Crippen LogP contribution in [0.25, 0.3) is 0 Å². The number of carbonyl (C=O) groups excluding carboxylic acids is 2. The Morgan fingerprint density at radius 3 is 1.46 bits per heavy atom. The zero-order valence-electron chi connectivity index (χ0n) is 29.4. The highest BCUT2D eigenvalue weighted by Gasteiger charge is 2.26. The summed E-state index contributed by atoms with van der Waals surface area (Å²) in [5.41, 5.74) is 0.709. The molecule has 0 aliphatic heterocycles. The first-order chi connectivity index (χ1) is 22.2. The standard InChI is InChI=1S/C38H66O6S2/c1-5-9-11-13-15-17-19-21-29(39)25-27-45-33(7-3)31-23-24-32(37(41)42)36(38(43)44)35(31)34(8-4)46-28-26-30(40)22-20-18-16-14-12-10-6-2/h23-24,29-30,33-34,39-40H,5-22,25-28H2,1-4H3,(H,41,42)(H,43,44)/p-2. The van der Waals surface area contributed by atoms with Crippen LogP contribution in [-0.2, 0) is 0 Å². The van der Waals surface area contributed by atoms with E-state index >= 15 is 0 Å². The predicted molar refractivity (Wildman–Crippen MR) is 193 cm³/mol. The lowest BCUT2D eigenvalue weighted by Gasteiger charge is -2.29. The van der Waals surface area contributed by atoms with Gasteiger partial charge in [0.05, 0.1) is 24.1 Å². The molecule has 0 aromatic heterocycles. The number of aromatic carboxylic acids is 2. The largest absolute Gasteiger partial charge is 0.545 e. The number of thioether (sulfide) groups is 2. The number of hydrogen-bond donors (Lipinski definition) is 2. The average molecular weight is 681 g/mol. The van der Waals surface area contributed by atoms with E-state index < -0.39 is 18.0 Å². The van der Waals surface area contributed by atoms with Gasteiger partial charge in [-0.05, 0) is 61.2 Å². The fourth-order valence-electron chi connectivity index (χ4n) is 6.14. The summed E-state index contributed by atoms with van der Waals surface area (Å²) >= 11 is 3.27. The number of benzene rings is 1. The van der Waals surface area contributed by atoms with Crippen LogP contribution >= 0.6 is 23.5 Å². The fraction of sp³-hybridized carbons (Fsp3) is 0.789. The van der Waals surface area contributed by atoms with Crippen molar-refractivity contribution in [2.45, 2.75) is 179 Å². The molecular formula is C38H64O6S2-2. The highest BCUT2D eigenvalue weighted by atomic mass is 32.2. The number of rotatable bonds is 30. The molecule has 0 radical (unpaired) electrons. The Balaban J connectivity index is 2.89. The van der Waals surface area contributed by atoms with Gasteiger partial charge in [-0.15, -0.1) is 0 Å². The van der Waals surface area contributed by atoms with Crippen LogP contribution in [0.3, 0.4) is 0 Å². The predicted octanol–water partition coefficient (Wildman–Crippen LogP) is 8.57. The highest BCUT2D eigenvalue weighted by molar-refractivity contribution is 7.99. The van der Waals surface area contributed by atoms with Crippen molar-refractivity contribution in [3.63, 3.8) is 0 Å². The molecule has 4 unspecified atom stereocenters. The number of hydrogen-bond acceptors (Lipinski definition) is 8. The monoisotopic (exact) mass is 680 g/mol. The van der Waals surface area contributed by atoms with Crippen LogP contribution in [0, 0.1) is 0 Å². The van der Waals surface area contributed by atoms with Crippen LogP contribution in [0.4, 0.5) is 0 Å². The molecule has 0 fully saturated rings. The maximum atomic E-state index is 12.5. The molecule has 266 valence electrons. The second-order valence-electron chi connectivity index (χ2n) is 12.8. The van der Waals surface area contributed by atoms with E-state index in [1.165, 1.54) is 70.3 Å². The maximum absolute atomic E-state index is 12.5. The normalized spacial score (nSPS) is 14.2. The Kier molecular flexibility index (Phi) is 24.8. The van der Waals surface area contributed by atoms with Crippen LogP contribution in [-0.4, -0.2) is 45.9 Å². The minimum Gasteiger partial charge on any atom is -0.545 e. The Morgan fingerprint density at radius 1 is 0.609 bits per heavy atom. The molecule has 1 aromatic rings. The van der Waals surface area contributed by atoms with Crippen molar-refractivity contribution in [1.29, 1.82) is 0 Å². The Morgan fingerprint density at radius 2 is 1.04 bits per heavy atom. The van der Waals surface area contributed by atoms with Crippen molar-refractivity contribution < 1.29 is 30.0 Å². The first kappa shape index (κ1) is 42.8. The summed E-state index contributed by atoms with van der Waals surface area (Å²) in [5.74, 6) is -1.65. The third kappa shape index (κ3) is 17.3. The molecule has 0 heterocycles. The van der Waals surface area contributed by atoms with Gasteiger partial charge < -0.3 is 30.0 Å². The van der Waals surface area contributed by atoms with Crippen LogP contribution in [0.1, 0.15) is 198 Å². The van der Waals surface area contributed by atoms with Gasteiger partial charge >= 0.3 is 0 Å². The minimum atomic E-state index is -1.52. The summed E-state index contributed by atoms with van der Waals surface area (Å²) in [6.07, 6.45) is 20.3. The molecule has 0 amide bonds. The summed E-state index contributed by atoms with van der Waals surface area (Å²) in [5, 5.41) is 45.3. The van der Waals surface area contributed by atoms with E-state index in [-0.39, 0.29) is 27.7 Å². The molecular weight excluding hydrogens is 617 g/mol. The van der Waals surface area contributed by atoms with E-state index in [2.05, 4.69) is 20.8 Å². The number of carbonyl (C=O) groups is 2. The lowest BCUT2D eigenvalue weighted by molar-refractivity contribution is -0.259. The smallest absolute Gasteiger partial charge is 0.0725 e. The lowest BCUT2D eigenvalue weighted by atomic mass is 9.90. The quantitative estimate of drug-likeness (QED) is 0.0776. The maximum Gasteiger partial charge on any atom is 0.0725 e. The van der Waals surface area contributed by atoms with Crippen LogP contribution in [0.15, 0.2) is 12.1 Å². The van der Waals surface area contributed by atoms with Gasteiger partial charge in [-0.1, -0.05) is 130 Å². The second kappa shape index (κ2) is 26.7. The Labute approximate surface area is 289 Å². The first-order valence-corrected chi connectivity index (χ1v) is 20.5. The summed E-state index contributed by atoms with van der Waals surface area (Å²) < 4.78 is 0. The van der Waals surface area contributed by atoms with Gasteiger partial charge in [0.15, 0.2) is 0 Å². The van der Waals surface area contributed by atoms with E-state index in [1.54, 1.807) is 29.6 Å². The van der Waals surface area contributed by atoms with E-state index in [1.807, 2.05) is 6.92 Å². The zero-order valence-corrected chi connectivity index (χ0v) is 31.0. The molecule has 0 bridgehead atoms. The summed E-state index contributed by atoms with van der Waals surface area (Å²) in [4.78, 5) is 24.4. The van der Waals surface area contributed by atoms with E-state index in [9.17, 15) is 30.0 Å². The van der Waals surface area contributed by atoms with Crippen LogP contribution < -0.4 is 10.2 Å². The zero-order chi connectivity index (χ0) is 34.2. The number of aliphatic hydroxyl groups excluding tert-OH is 2. The third-order valence-electron chi connectivity index (χ3n) is 8.94. The van der Waals surface area contributed by atoms with Crippen molar-refractivity contribution in [2.75, 3.05) is 11.5 Å². The summed E-state index contributed by atoms with van der Waals surface area (Å²) in [7, 11) is 0. The molecule has 1 aromatic carbocycles. The molecule has 0 aliphatic carbocycles.